The third-order valence-corrected chi connectivity index (χ3v) is 2.63. The van der Waals surface area contributed by atoms with Gasteiger partial charge in [-0.1, -0.05) is 33.1 Å². The fourth-order valence-electron chi connectivity index (χ4n) is 1.75. The maximum atomic E-state index is 9.77. The summed E-state index contributed by atoms with van der Waals surface area (Å²) in [4.78, 5) is 5.35. The van der Waals surface area contributed by atoms with E-state index in [1.807, 2.05) is 0 Å². The monoisotopic (exact) mass is 201 g/mol. The molecule has 0 saturated heterocycles. The second-order valence-electron chi connectivity index (χ2n) is 4.63. The van der Waals surface area contributed by atoms with Crippen LogP contribution in [-0.4, -0.2) is 23.9 Å². The van der Waals surface area contributed by atoms with Crippen LogP contribution in [0.3, 0.4) is 0 Å². The Morgan fingerprint density at radius 2 is 2.00 bits per heavy atom. The molecule has 0 spiro atoms. The first-order valence-electron chi connectivity index (χ1n) is 5.75. The zero-order valence-electron chi connectivity index (χ0n) is 9.33. The van der Waals surface area contributed by atoms with Gasteiger partial charge in [-0.25, -0.2) is 0 Å². The summed E-state index contributed by atoms with van der Waals surface area (Å²) in [6.07, 6.45) is 5.27. The summed E-state index contributed by atoms with van der Waals surface area (Å²) >= 11 is 0. The van der Waals surface area contributed by atoms with Gasteiger partial charge < -0.3 is 9.94 Å². The van der Waals surface area contributed by atoms with Gasteiger partial charge in [-0.2, -0.15) is 5.48 Å². The molecule has 84 valence electrons. The van der Waals surface area contributed by atoms with Gasteiger partial charge in [0.05, 0.1) is 18.8 Å². The SMILES string of the molecule is CC(C)CONC1CCCCCC1O. The number of hydrogen-bond acceptors (Lipinski definition) is 3. The van der Waals surface area contributed by atoms with Crippen molar-refractivity contribution in [3.63, 3.8) is 0 Å². The van der Waals surface area contributed by atoms with Crippen LogP contribution in [-0.2, 0) is 4.84 Å². The Hall–Kier alpha value is -0.120. The zero-order chi connectivity index (χ0) is 10.4. The van der Waals surface area contributed by atoms with Gasteiger partial charge in [-0.15, -0.1) is 0 Å². The lowest BCUT2D eigenvalue weighted by Gasteiger charge is -2.21. The predicted molar refractivity (Wildman–Crippen MR) is 56.8 cm³/mol. The van der Waals surface area contributed by atoms with E-state index in [0.29, 0.717) is 12.5 Å². The molecule has 1 aliphatic carbocycles. The molecule has 0 aromatic carbocycles. The summed E-state index contributed by atoms with van der Waals surface area (Å²) in [6, 6.07) is 0.135. The molecule has 1 aliphatic rings. The van der Waals surface area contributed by atoms with Gasteiger partial charge in [0.2, 0.25) is 0 Å². The van der Waals surface area contributed by atoms with Crippen LogP contribution < -0.4 is 5.48 Å². The quantitative estimate of drug-likeness (QED) is 0.539. The second-order valence-corrected chi connectivity index (χ2v) is 4.63. The molecule has 0 radical (unpaired) electrons. The average Bonchev–Trinajstić information content (AvgIpc) is 2.31. The Bertz CT molecular complexity index is 150. The Balaban J connectivity index is 2.19. The standard InChI is InChI=1S/C11H23NO2/c1-9(2)8-14-12-10-6-4-3-5-7-11(10)13/h9-13H,3-8H2,1-2H3. The molecule has 0 bridgehead atoms. The van der Waals surface area contributed by atoms with Crippen molar-refractivity contribution in [3.8, 4) is 0 Å². The highest BCUT2D eigenvalue weighted by Crippen LogP contribution is 2.17. The fourth-order valence-corrected chi connectivity index (χ4v) is 1.75. The summed E-state index contributed by atoms with van der Waals surface area (Å²) in [6.45, 7) is 4.94. The van der Waals surface area contributed by atoms with E-state index in [-0.39, 0.29) is 12.1 Å². The van der Waals surface area contributed by atoms with Crippen LogP contribution in [0.25, 0.3) is 0 Å². The van der Waals surface area contributed by atoms with E-state index in [1.165, 1.54) is 12.8 Å². The molecule has 0 amide bonds. The minimum atomic E-state index is -0.232. The number of nitrogens with one attached hydrogen (secondary N) is 1. The summed E-state index contributed by atoms with van der Waals surface area (Å²) in [5.41, 5.74) is 2.99. The Labute approximate surface area is 86.8 Å². The van der Waals surface area contributed by atoms with Crippen LogP contribution in [0.5, 0.6) is 0 Å². The largest absolute Gasteiger partial charge is 0.391 e. The Morgan fingerprint density at radius 3 is 2.71 bits per heavy atom. The smallest absolute Gasteiger partial charge is 0.0716 e. The summed E-state index contributed by atoms with van der Waals surface area (Å²) in [7, 11) is 0. The van der Waals surface area contributed by atoms with Gasteiger partial charge in [0.1, 0.15) is 0 Å². The predicted octanol–water partition coefficient (Wildman–Crippen LogP) is 1.86. The lowest BCUT2D eigenvalue weighted by atomic mass is 10.1. The van der Waals surface area contributed by atoms with Crippen LogP contribution >= 0.6 is 0 Å². The molecule has 1 saturated carbocycles. The highest BCUT2D eigenvalue weighted by molar-refractivity contribution is 4.76. The normalized spacial score (nSPS) is 29.1. The van der Waals surface area contributed by atoms with Gasteiger partial charge in [0.25, 0.3) is 0 Å². The minimum absolute atomic E-state index is 0.135. The second kappa shape index (κ2) is 6.38. The molecule has 2 N–H and O–H groups in total. The molecule has 2 unspecified atom stereocenters. The summed E-state index contributed by atoms with van der Waals surface area (Å²) < 4.78 is 0. The lowest BCUT2D eigenvalue weighted by Crippen LogP contribution is -2.39. The number of aliphatic hydroxyl groups excluding tert-OH is 1. The van der Waals surface area contributed by atoms with Crippen molar-refractivity contribution < 1.29 is 9.94 Å². The highest BCUT2D eigenvalue weighted by atomic mass is 16.6. The topological polar surface area (TPSA) is 41.5 Å². The van der Waals surface area contributed by atoms with Crippen molar-refractivity contribution in [1.82, 2.24) is 5.48 Å². The van der Waals surface area contributed by atoms with E-state index in [2.05, 4.69) is 19.3 Å². The van der Waals surface area contributed by atoms with Gasteiger partial charge in [-0.05, 0) is 18.8 Å². The fraction of sp³-hybridized carbons (Fsp3) is 1.00. The highest BCUT2D eigenvalue weighted by Gasteiger charge is 2.21. The van der Waals surface area contributed by atoms with E-state index in [4.69, 9.17) is 4.84 Å². The maximum Gasteiger partial charge on any atom is 0.0716 e. The summed E-state index contributed by atoms with van der Waals surface area (Å²) in [5, 5.41) is 9.77. The van der Waals surface area contributed by atoms with E-state index in [0.717, 1.165) is 19.3 Å². The van der Waals surface area contributed by atoms with E-state index >= 15 is 0 Å². The van der Waals surface area contributed by atoms with Crippen molar-refractivity contribution in [3.05, 3.63) is 0 Å². The molecule has 3 nitrogen and oxygen atoms in total. The molecule has 3 heteroatoms. The van der Waals surface area contributed by atoms with Crippen molar-refractivity contribution in [2.45, 2.75) is 58.1 Å². The number of rotatable bonds is 4. The average molecular weight is 201 g/mol. The van der Waals surface area contributed by atoms with Gasteiger partial charge in [0.15, 0.2) is 0 Å². The minimum Gasteiger partial charge on any atom is -0.391 e. The molecule has 1 rings (SSSR count). The molecule has 0 aromatic heterocycles. The molecule has 2 atom stereocenters. The number of hydrogen-bond donors (Lipinski definition) is 2. The van der Waals surface area contributed by atoms with Crippen molar-refractivity contribution in [2.24, 2.45) is 5.92 Å². The third-order valence-electron chi connectivity index (χ3n) is 2.63. The zero-order valence-corrected chi connectivity index (χ0v) is 9.33. The first kappa shape index (κ1) is 12.0. The van der Waals surface area contributed by atoms with Crippen LogP contribution in [0.4, 0.5) is 0 Å². The number of aliphatic hydroxyl groups is 1. The molecule has 1 fully saturated rings. The van der Waals surface area contributed by atoms with Crippen LogP contribution in [0.2, 0.25) is 0 Å². The molecule has 0 heterocycles. The number of hydroxylamine groups is 1. The van der Waals surface area contributed by atoms with E-state index < -0.39 is 0 Å². The van der Waals surface area contributed by atoms with Crippen LogP contribution in [0.1, 0.15) is 46.0 Å². The van der Waals surface area contributed by atoms with Crippen molar-refractivity contribution in [1.29, 1.82) is 0 Å². The van der Waals surface area contributed by atoms with E-state index in [9.17, 15) is 5.11 Å². The molecular weight excluding hydrogens is 178 g/mol. The summed E-state index contributed by atoms with van der Waals surface area (Å²) in [5.74, 6) is 0.533. The molecular formula is C11H23NO2. The lowest BCUT2D eigenvalue weighted by molar-refractivity contribution is -0.0347. The Morgan fingerprint density at radius 1 is 1.29 bits per heavy atom. The molecule has 0 aliphatic heterocycles. The van der Waals surface area contributed by atoms with Crippen molar-refractivity contribution in [2.75, 3.05) is 6.61 Å². The van der Waals surface area contributed by atoms with Gasteiger partial charge >= 0.3 is 0 Å². The Kier molecular flexibility index (Phi) is 5.45. The van der Waals surface area contributed by atoms with Crippen LogP contribution in [0, 0.1) is 5.92 Å². The third kappa shape index (κ3) is 4.40. The first-order chi connectivity index (χ1) is 6.70. The van der Waals surface area contributed by atoms with Crippen molar-refractivity contribution >= 4 is 0 Å². The maximum absolute atomic E-state index is 9.77. The van der Waals surface area contributed by atoms with E-state index in [1.54, 1.807) is 0 Å². The van der Waals surface area contributed by atoms with Crippen LogP contribution in [0.15, 0.2) is 0 Å². The van der Waals surface area contributed by atoms with Gasteiger partial charge in [0, 0.05) is 0 Å². The van der Waals surface area contributed by atoms with Gasteiger partial charge in [-0.3, -0.25) is 0 Å². The molecule has 0 aromatic rings. The first-order valence-corrected chi connectivity index (χ1v) is 5.75. The molecule has 14 heavy (non-hydrogen) atoms.